The van der Waals surface area contributed by atoms with E-state index in [0.29, 0.717) is 30.6 Å². The number of fused-ring (bicyclic) bond motifs is 1. The number of rotatable bonds is 4. The second kappa shape index (κ2) is 10.0. The van der Waals surface area contributed by atoms with Crippen molar-refractivity contribution in [1.82, 2.24) is 15.1 Å². The van der Waals surface area contributed by atoms with Gasteiger partial charge in [0.2, 0.25) is 11.8 Å². The molecule has 1 spiro atoms. The van der Waals surface area contributed by atoms with E-state index in [1.54, 1.807) is 17.0 Å². The Morgan fingerprint density at radius 2 is 1.95 bits per heavy atom. The zero-order chi connectivity index (χ0) is 28.9. The standard InChI is InChI=1S/C30H28N4O7/c1-41-25-15-19(6-8-23(25)34(39)40)28(37)32-13-11-30(12-14-32)16-20(30)7-5-18-3-2-4-21-22(18)17-33(29(21)38)24-9-10-26(35)31-27(24)36/h2-4,6,8,15,20,24H,9-14,16-17H2,1H3,(H,31,35,36)/t20-,24?/m1/s1. The van der Waals surface area contributed by atoms with Crippen LogP contribution in [0.5, 0.6) is 5.75 Å². The van der Waals surface area contributed by atoms with Crippen LogP contribution in [0, 0.1) is 33.3 Å². The second-order valence-corrected chi connectivity index (χ2v) is 11.1. The summed E-state index contributed by atoms with van der Waals surface area (Å²) in [5.41, 5.74) is 2.36. The molecule has 0 aromatic heterocycles. The van der Waals surface area contributed by atoms with Gasteiger partial charge in [-0.1, -0.05) is 17.9 Å². The normalized spacial score (nSPS) is 22.5. The molecule has 3 fully saturated rings. The van der Waals surface area contributed by atoms with Crippen LogP contribution >= 0.6 is 0 Å². The molecule has 11 nitrogen and oxygen atoms in total. The minimum absolute atomic E-state index is 0.0567. The lowest BCUT2D eigenvalue weighted by Gasteiger charge is -2.32. The molecular weight excluding hydrogens is 528 g/mol. The van der Waals surface area contributed by atoms with Crippen LogP contribution in [-0.4, -0.2) is 64.6 Å². The highest BCUT2D eigenvalue weighted by Crippen LogP contribution is 2.59. The third-order valence-electron chi connectivity index (χ3n) is 8.82. The number of nitro groups is 1. The number of imide groups is 1. The number of benzene rings is 2. The topological polar surface area (TPSA) is 139 Å². The number of ether oxygens (including phenoxy) is 1. The Hall–Kier alpha value is -4.72. The summed E-state index contributed by atoms with van der Waals surface area (Å²) < 4.78 is 5.11. The number of nitrogens with one attached hydrogen (secondary N) is 1. The Morgan fingerprint density at radius 1 is 1.17 bits per heavy atom. The maximum atomic E-state index is 13.1. The summed E-state index contributed by atoms with van der Waals surface area (Å²) in [5.74, 6) is 5.80. The number of methoxy groups -OCH3 is 1. The molecular formula is C30H28N4O7. The Balaban J connectivity index is 1.10. The van der Waals surface area contributed by atoms with E-state index >= 15 is 0 Å². The van der Waals surface area contributed by atoms with Crippen molar-refractivity contribution in [1.29, 1.82) is 0 Å². The van der Waals surface area contributed by atoms with Crippen molar-refractivity contribution in [3.8, 4) is 17.6 Å². The average Bonchev–Trinajstić information content (AvgIpc) is 3.53. The molecule has 3 aliphatic heterocycles. The Morgan fingerprint density at radius 3 is 2.66 bits per heavy atom. The lowest BCUT2D eigenvalue weighted by Crippen LogP contribution is -2.52. The summed E-state index contributed by atoms with van der Waals surface area (Å²) in [6.07, 6.45) is 3.10. The summed E-state index contributed by atoms with van der Waals surface area (Å²) in [4.78, 5) is 64.0. The maximum Gasteiger partial charge on any atom is 0.310 e. The Kier molecular flexibility index (Phi) is 6.49. The minimum atomic E-state index is -0.667. The smallest absolute Gasteiger partial charge is 0.310 e. The zero-order valence-electron chi connectivity index (χ0n) is 22.5. The first kappa shape index (κ1) is 26.5. The largest absolute Gasteiger partial charge is 0.490 e. The van der Waals surface area contributed by atoms with Crippen LogP contribution in [0.25, 0.3) is 0 Å². The highest BCUT2D eigenvalue weighted by Gasteiger charge is 2.54. The molecule has 6 rings (SSSR count). The summed E-state index contributed by atoms with van der Waals surface area (Å²) in [5, 5.41) is 13.5. The van der Waals surface area contributed by atoms with Gasteiger partial charge in [-0.3, -0.25) is 34.6 Å². The first-order chi connectivity index (χ1) is 19.7. The van der Waals surface area contributed by atoms with Crippen molar-refractivity contribution in [2.24, 2.45) is 11.3 Å². The predicted octanol–water partition coefficient (Wildman–Crippen LogP) is 2.66. The predicted molar refractivity (Wildman–Crippen MR) is 145 cm³/mol. The van der Waals surface area contributed by atoms with Gasteiger partial charge in [0.05, 0.1) is 12.0 Å². The van der Waals surface area contributed by atoms with E-state index in [0.717, 1.165) is 30.4 Å². The van der Waals surface area contributed by atoms with E-state index in [1.165, 1.54) is 30.2 Å². The Bertz CT molecular complexity index is 1560. The molecule has 0 bridgehead atoms. The van der Waals surface area contributed by atoms with Crippen LogP contribution in [0.1, 0.15) is 63.9 Å². The van der Waals surface area contributed by atoms with Crippen LogP contribution in [0.15, 0.2) is 36.4 Å². The van der Waals surface area contributed by atoms with Crippen molar-refractivity contribution >= 4 is 29.3 Å². The van der Waals surface area contributed by atoms with Gasteiger partial charge in [0.1, 0.15) is 6.04 Å². The van der Waals surface area contributed by atoms with Gasteiger partial charge in [0, 0.05) is 60.8 Å². The molecule has 2 saturated heterocycles. The van der Waals surface area contributed by atoms with Gasteiger partial charge >= 0.3 is 5.69 Å². The molecule has 2 aromatic carbocycles. The molecule has 1 N–H and O–H groups in total. The molecule has 0 radical (unpaired) electrons. The van der Waals surface area contributed by atoms with Crippen molar-refractivity contribution in [2.75, 3.05) is 20.2 Å². The van der Waals surface area contributed by atoms with Gasteiger partial charge in [0.15, 0.2) is 5.75 Å². The first-order valence-corrected chi connectivity index (χ1v) is 13.6. The zero-order valence-corrected chi connectivity index (χ0v) is 22.5. The molecule has 41 heavy (non-hydrogen) atoms. The summed E-state index contributed by atoms with van der Waals surface area (Å²) >= 11 is 0. The van der Waals surface area contributed by atoms with Gasteiger partial charge in [-0.15, -0.1) is 0 Å². The number of carbonyl (C=O) groups excluding carboxylic acids is 4. The van der Waals surface area contributed by atoms with E-state index in [4.69, 9.17) is 4.74 Å². The Labute approximate surface area is 236 Å². The van der Waals surface area contributed by atoms with E-state index in [2.05, 4.69) is 17.2 Å². The summed E-state index contributed by atoms with van der Waals surface area (Å²) in [7, 11) is 1.34. The van der Waals surface area contributed by atoms with Crippen LogP contribution in [0.2, 0.25) is 0 Å². The van der Waals surface area contributed by atoms with Gasteiger partial charge in [-0.05, 0) is 54.9 Å². The molecule has 4 amide bonds. The minimum Gasteiger partial charge on any atom is -0.490 e. The van der Waals surface area contributed by atoms with Crippen molar-refractivity contribution in [3.63, 3.8) is 0 Å². The number of likely N-dealkylation sites (tertiary alicyclic amines) is 1. The van der Waals surface area contributed by atoms with E-state index in [1.807, 2.05) is 6.07 Å². The highest BCUT2D eigenvalue weighted by atomic mass is 16.6. The quantitative estimate of drug-likeness (QED) is 0.264. The molecule has 1 saturated carbocycles. The van der Waals surface area contributed by atoms with E-state index in [-0.39, 0.29) is 53.5 Å². The molecule has 1 aliphatic carbocycles. The van der Waals surface area contributed by atoms with Crippen LogP contribution in [0.4, 0.5) is 5.69 Å². The fourth-order valence-electron chi connectivity index (χ4n) is 6.27. The van der Waals surface area contributed by atoms with Crippen molar-refractivity contribution < 1.29 is 28.8 Å². The number of amides is 4. The van der Waals surface area contributed by atoms with Gasteiger partial charge < -0.3 is 14.5 Å². The number of nitro benzene ring substituents is 1. The molecule has 4 aliphatic rings. The van der Waals surface area contributed by atoms with Crippen molar-refractivity contribution in [3.05, 3.63) is 68.8 Å². The molecule has 1 unspecified atom stereocenters. The monoisotopic (exact) mass is 556 g/mol. The van der Waals surface area contributed by atoms with Gasteiger partial charge in [-0.25, -0.2) is 0 Å². The lowest BCUT2D eigenvalue weighted by atomic mass is 9.90. The molecule has 2 atom stereocenters. The SMILES string of the molecule is COc1cc(C(=O)N2CCC3(CC2)C[C@H]3C#Cc2cccc3c2CN(C2CCC(=O)NC2=O)C3=O)ccc1[N+](=O)[O-]. The van der Waals surface area contributed by atoms with E-state index < -0.39 is 16.9 Å². The second-order valence-electron chi connectivity index (χ2n) is 11.1. The van der Waals surface area contributed by atoms with Gasteiger partial charge in [-0.2, -0.15) is 0 Å². The molecule has 2 aromatic rings. The van der Waals surface area contributed by atoms with Crippen LogP contribution in [-0.2, 0) is 16.1 Å². The maximum absolute atomic E-state index is 13.1. The average molecular weight is 557 g/mol. The number of hydrogen-bond acceptors (Lipinski definition) is 7. The highest BCUT2D eigenvalue weighted by molar-refractivity contribution is 6.05. The van der Waals surface area contributed by atoms with Crippen molar-refractivity contribution in [2.45, 2.75) is 44.7 Å². The lowest BCUT2D eigenvalue weighted by molar-refractivity contribution is -0.385. The fourth-order valence-corrected chi connectivity index (χ4v) is 6.27. The first-order valence-electron chi connectivity index (χ1n) is 13.6. The number of hydrogen-bond donors (Lipinski definition) is 1. The molecule has 210 valence electrons. The van der Waals surface area contributed by atoms with E-state index in [9.17, 15) is 29.3 Å². The third-order valence-corrected chi connectivity index (χ3v) is 8.82. The third kappa shape index (κ3) is 4.69. The fraction of sp³-hybridized carbons (Fsp3) is 0.400. The van der Waals surface area contributed by atoms with Crippen LogP contribution in [0.3, 0.4) is 0 Å². The number of nitrogens with zero attached hydrogens (tertiary/aromatic N) is 3. The summed E-state index contributed by atoms with van der Waals surface area (Å²) in [6, 6.07) is 8.95. The number of piperidine rings is 2. The number of carbonyl (C=O) groups is 4. The molecule has 11 heteroatoms. The summed E-state index contributed by atoms with van der Waals surface area (Å²) in [6.45, 7) is 1.44. The van der Waals surface area contributed by atoms with Crippen LogP contribution < -0.4 is 10.1 Å². The molecule has 3 heterocycles. The van der Waals surface area contributed by atoms with Gasteiger partial charge in [0.25, 0.3) is 11.8 Å².